The van der Waals surface area contributed by atoms with E-state index in [0.717, 1.165) is 15.6 Å². The number of nitriles is 1. The second-order valence-electron chi connectivity index (χ2n) is 4.28. The highest BCUT2D eigenvalue weighted by Crippen LogP contribution is 2.26. The molecule has 6 heteroatoms. The lowest BCUT2D eigenvalue weighted by Crippen LogP contribution is -1.86. The number of hydrogen-bond donors (Lipinski definition) is 1. The van der Waals surface area contributed by atoms with Gasteiger partial charge in [0.1, 0.15) is 17.5 Å². The van der Waals surface area contributed by atoms with Crippen LogP contribution in [0, 0.1) is 18.3 Å². The van der Waals surface area contributed by atoms with Crippen molar-refractivity contribution in [3.8, 4) is 29.0 Å². The van der Waals surface area contributed by atoms with Crippen LogP contribution in [0.25, 0.3) is 23.0 Å². The molecule has 1 N–H and O–H groups in total. The van der Waals surface area contributed by atoms with Crippen molar-refractivity contribution < 1.29 is 4.52 Å². The van der Waals surface area contributed by atoms with Crippen LogP contribution in [0.3, 0.4) is 0 Å². The molecule has 0 fully saturated rings. The van der Waals surface area contributed by atoms with Gasteiger partial charge in [-0.15, -0.1) is 0 Å². The molecule has 0 atom stereocenters. The van der Waals surface area contributed by atoms with Gasteiger partial charge in [0.2, 0.25) is 5.82 Å². The second kappa shape index (κ2) is 4.94. The third-order valence-electron chi connectivity index (χ3n) is 2.89. The topological polar surface area (TPSA) is 78.5 Å². The average molecular weight is 329 g/mol. The van der Waals surface area contributed by atoms with Crippen molar-refractivity contribution in [1.29, 1.82) is 5.26 Å². The summed E-state index contributed by atoms with van der Waals surface area (Å²) in [5.41, 5.74) is 3.06. The first kappa shape index (κ1) is 12.6. The van der Waals surface area contributed by atoms with Gasteiger partial charge in [0.05, 0.1) is 0 Å². The Hall–Kier alpha value is -2.39. The van der Waals surface area contributed by atoms with E-state index in [-0.39, 0.29) is 0 Å². The summed E-state index contributed by atoms with van der Waals surface area (Å²) in [4.78, 5) is 7.26. The third kappa shape index (κ3) is 2.24. The molecule has 2 heterocycles. The summed E-state index contributed by atoms with van der Waals surface area (Å²) in [7, 11) is 0. The van der Waals surface area contributed by atoms with Gasteiger partial charge in [0.15, 0.2) is 0 Å². The molecule has 0 bridgehead atoms. The molecule has 20 heavy (non-hydrogen) atoms. The van der Waals surface area contributed by atoms with Gasteiger partial charge in [-0.25, -0.2) is 0 Å². The summed E-state index contributed by atoms with van der Waals surface area (Å²) in [6.45, 7) is 1.98. The maximum Gasteiger partial charge on any atom is 0.274 e. The standard InChI is InChI=1S/C14H9BrN4O/c1-8-6-9(15)2-4-11(8)13-18-14(20-19-13)12-5-3-10(7-16)17-12/h2-6,17H,1H3. The number of benzene rings is 1. The molecule has 5 nitrogen and oxygen atoms in total. The van der Waals surface area contributed by atoms with Gasteiger partial charge in [0.25, 0.3) is 5.89 Å². The lowest BCUT2D eigenvalue weighted by atomic mass is 10.1. The summed E-state index contributed by atoms with van der Waals surface area (Å²) in [5, 5.41) is 12.8. The molecule has 0 amide bonds. The highest BCUT2D eigenvalue weighted by Gasteiger charge is 2.13. The Bertz CT molecular complexity index is 813. The lowest BCUT2D eigenvalue weighted by Gasteiger charge is -2.00. The number of rotatable bonds is 2. The maximum atomic E-state index is 8.79. The fourth-order valence-corrected chi connectivity index (χ4v) is 2.38. The lowest BCUT2D eigenvalue weighted by molar-refractivity contribution is 0.431. The van der Waals surface area contributed by atoms with Crippen molar-refractivity contribution in [2.24, 2.45) is 0 Å². The fourth-order valence-electron chi connectivity index (χ4n) is 1.91. The SMILES string of the molecule is Cc1cc(Br)ccc1-c1noc(-c2ccc(C#N)[nH]2)n1. The van der Waals surface area contributed by atoms with Crippen LogP contribution in [0.5, 0.6) is 0 Å². The van der Waals surface area contributed by atoms with E-state index in [9.17, 15) is 0 Å². The van der Waals surface area contributed by atoms with Crippen LogP contribution in [-0.4, -0.2) is 15.1 Å². The van der Waals surface area contributed by atoms with Crippen molar-refractivity contribution >= 4 is 15.9 Å². The van der Waals surface area contributed by atoms with Gasteiger partial charge < -0.3 is 9.51 Å². The van der Waals surface area contributed by atoms with E-state index in [1.807, 2.05) is 31.2 Å². The van der Waals surface area contributed by atoms with Crippen LogP contribution in [0.15, 0.2) is 39.3 Å². The molecule has 0 aliphatic rings. The molecule has 0 spiro atoms. The van der Waals surface area contributed by atoms with Crippen LogP contribution in [-0.2, 0) is 0 Å². The first-order chi connectivity index (χ1) is 9.67. The van der Waals surface area contributed by atoms with Gasteiger partial charge in [-0.1, -0.05) is 21.1 Å². The number of hydrogen-bond acceptors (Lipinski definition) is 4. The first-order valence-electron chi connectivity index (χ1n) is 5.87. The predicted molar refractivity (Wildman–Crippen MR) is 76.7 cm³/mol. The quantitative estimate of drug-likeness (QED) is 0.778. The number of aromatic nitrogens is 3. The Morgan fingerprint density at radius 1 is 1.30 bits per heavy atom. The molecule has 0 saturated heterocycles. The minimum atomic E-state index is 0.365. The molecular formula is C14H9BrN4O. The number of aromatic amines is 1. The monoisotopic (exact) mass is 328 g/mol. The van der Waals surface area contributed by atoms with Crippen LogP contribution in [0.2, 0.25) is 0 Å². The zero-order chi connectivity index (χ0) is 14.1. The smallest absolute Gasteiger partial charge is 0.274 e. The fraction of sp³-hybridized carbons (Fsp3) is 0.0714. The number of nitrogens with zero attached hydrogens (tertiary/aromatic N) is 3. The summed E-state index contributed by atoms with van der Waals surface area (Å²) < 4.78 is 6.24. The molecular weight excluding hydrogens is 320 g/mol. The average Bonchev–Trinajstić information content (AvgIpc) is 3.07. The molecule has 0 aliphatic heterocycles. The normalized spacial score (nSPS) is 10.4. The predicted octanol–water partition coefficient (Wildman–Crippen LogP) is 3.67. The summed E-state index contributed by atoms with van der Waals surface area (Å²) in [6.07, 6.45) is 0. The van der Waals surface area contributed by atoms with Crippen molar-refractivity contribution in [2.75, 3.05) is 0 Å². The zero-order valence-electron chi connectivity index (χ0n) is 10.5. The second-order valence-corrected chi connectivity index (χ2v) is 5.20. The van der Waals surface area contributed by atoms with Crippen molar-refractivity contribution in [3.05, 3.63) is 46.1 Å². The minimum Gasteiger partial charge on any atom is -0.342 e. The highest BCUT2D eigenvalue weighted by atomic mass is 79.9. The van der Waals surface area contributed by atoms with Crippen molar-refractivity contribution in [1.82, 2.24) is 15.1 Å². The van der Waals surface area contributed by atoms with Gasteiger partial charge in [-0.2, -0.15) is 10.2 Å². The Kier molecular flexibility index (Phi) is 3.12. The van der Waals surface area contributed by atoms with Gasteiger partial charge in [0, 0.05) is 10.0 Å². The van der Waals surface area contributed by atoms with Gasteiger partial charge in [-0.05, 0) is 42.8 Å². The van der Waals surface area contributed by atoms with Gasteiger partial charge in [-0.3, -0.25) is 0 Å². The van der Waals surface area contributed by atoms with Crippen LogP contribution >= 0.6 is 15.9 Å². The Labute approximate surface area is 123 Å². The molecule has 0 saturated carbocycles. The van der Waals surface area contributed by atoms with Crippen LogP contribution in [0.4, 0.5) is 0 Å². The third-order valence-corrected chi connectivity index (χ3v) is 3.39. The summed E-state index contributed by atoms with van der Waals surface area (Å²) >= 11 is 3.42. The van der Waals surface area contributed by atoms with Crippen LogP contribution < -0.4 is 0 Å². The molecule has 0 radical (unpaired) electrons. The number of aryl methyl sites for hydroxylation is 1. The molecule has 3 rings (SSSR count). The molecule has 1 aromatic carbocycles. The van der Waals surface area contributed by atoms with E-state index < -0.39 is 0 Å². The number of halogens is 1. The van der Waals surface area contributed by atoms with E-state index in [1.54, 1.807) is 12.1 Å². The maximum absolute atomic E-state index is 8.79. The van der Waals surface area contributed by atoms with E-state index in [1.165, 1.54) is 0 Å². The van der Waals surface area contributed by atoms with E-state index >= 15 is 0 Å². The molecule has 3 aromatic rings. The van der Waals surface area contributed by atoms with Crippen LogP contribution in [0.1, 0.15) is 11.3 Å². The zero-order valence-corrected chi connectivity index (χ0v) is 12.1. The van der Waals surface area contributed by atoms with Crippen molar-refractivity contribution in [2.45, 2.75) is 6.92 Å². The summed E-state index contributed by atoms with van der Waals surface area (Å²) in [5.74, 6) is 0.891. The number of nitrogens with one attached hydrogen (secondary N) is 1. The highest BCUT2D eigenvalue weighted by molar-refractivity contribution is 9.10. The molecule has 2 aromatic heterocycles. The minimum absolute atomic E-state index is 0.365. The van der Waals surface area contributed by atoms with Gasteiger partial charge >= 0.3 is 0 Å². The Morgan fingerprint density at radius 3 is 2.85 bits per heavy atom. The van der Waals surface area contributed by atoms with E-state index in [4.69, 9.17) is 9.78 Å². The van der Waals surface area contributed by atoms with E-state index in [2.05, 4.69) is 31.1 Å². The largest absolute Gasteiger partial charge is 0.342 e. The van der Waals surface area contributed by atoms with Crippen molar-refractivity contribution in [3.63, 3.8) is 0 Å². The first-order valence-corrected chi connectivity index (χ1v) is 6.66. The molecule has 98 valence electrons. The Morgan fingerprint density at radius 2 is 2.15 bits per heavy atom. The number of H-pyrrole nitrogens is 1. The Balaban J connectivity index is 2.00. The van der Waals surface area contributed by atoms with E-state index in [0.29, 0.717) is 23.1 Å². The summed E-state index contributed by atoms with van der Waals surface area (Å²) in [6, 6.07) is 11.3. The molecule has 0 aliphatic carbocycles. The molecule has 0 unspecified atom stereocenters.